The largest absolute Gasteiger partial charge is 0.478 e. The monoisotopic (exact) mass is 440 g/mol. The van der Waals surface area contributed by atoms with Crippen LogP contribution in [-0.2, 0) is 26.7 Å². The van der Waals surface area contributed by atoms with Crippen LogP contribution in [0.2, 0.25) is 0 Å². The zero-order valence-electron chi connectivity index (χ0n) is 22.0. The Balaban J connectivity index is 2.02. The summed E-state index contributed by atoms with van der Waals surface area (Å²) in [5.74, 6) is 2.45. The molecular weight excluding hydrogens is 396 g/mol. The number of hydrogen-bond acceptors (Lipinski definition) is 4. The Hall–Kier alpha value is -1.84. The van der Waals surface area contributed by atoms with Gasteiger partial charge in [0.15, 0.2) is 11.8 Å². The van der Waals surface area contributed by atoms with Crippen molar-refractivity contribution in [3.05, 3.63) is 34.9 Å². The van der Waals surface area contributed by atoms with Gasteiger partial charge in [0.05, 0.1) is 12.1 Å². The molecule has 0 N–H and O–H groups in total. The molecule has 4 nitrogen and oxygen atoms in total. The highest BCUT2D eigenvalue weighted by molar-refractivity contribution is 6.01. The molecule has 2 aliphatic rings. The first-order valence-electron chi connectivity index (χ1n) is 12.3. The van der Waals surface area contributed by atoms with Gasteiger partial charge >= 0.3 is 0 Å². The number of nitrogens with zero attached hydrogens (tertiary/aromatic N) is 2. The molecule has 178 valence electrons. The molecule has 32 heavy (non-hydrogen) atoms. The summed E-state index contributed by atoms with van der Waals surface area (Å²) in [7, 11) is 0. The molecule has 2 atom stereocenters. The highest BCUT2D eigenvalue weighted by Gasteiger charge is 2.36. The topological polar surface area (TPSA) is 43.2 Å². The fourth-order valence-electron chi connectivity index (χ4n) is 4.07. The van der Waals surface area contributed by atoms with Crippen LogP contribution in [-0.4, -0.2) is 37.1 Å². The maximum atomic E-state index is 6.15. The van der Waals surface area contributed by atoms with Crippen molar-refractivity contribution in [3.8, 4) is 0 Å². The summed E-state index contributed by atoms with van der Waals surface area (Å²) >= 11 is 0. The lowest BCUT2D eigenvalue weighted by molar-refractivity contribution is 0.264. The molecule has 0 aliphatic carbocycles. The fourth-order valence-corrected chi connectivity index (χ4v) is 4.07. The van der Waals surface area contributed by atoms with E-state index in [1.807, 2.05) is 0 Å². The van der Waals surface area contributed by atoms with Crippen LogP contribution >= 0.6 is 0 Å². The van der Waals surface area contributed by atoms with E-state index in [9.17, 15) is 0 Å². The summed E-state index contributed by atoms with van der Waals surface area (Å²) in [4.78, 5) is 9.95. The van der Waals surface area contributed by atoms with Crippen LogP contribution in [0.15, 0.2) is 28.2 Å². The van der Waals surface area contributed by atoms with Crippen molar-refractivity contribution in [2.75, 3.05) is 13.2 Å². The average molecular weight is 441 g/mol. The highest BCUT2D eigenvalue weighted by atomic mass is 16.5. The van der Waals surface area contributed by atoms with E-state index in [0.717, 1.165) is 18.2 Å². The van der Waals surface area contributed by atoms with Crippen molar-refractivity contribution >= 4 is 11.8 Å². The third-order valence-electron chi connectivity index (χ3n) is 6.69. The van der Waals surface area contributed by atoms with Crippen molar-refractivity contribution in [2.24, 2.45) is 27.7 Å². The van der Waals surface area contributed by atoms with E-state index in [1.165, 1.54) is 16.7 Å². The van der Waals surface area contributed by atoms with Gasteiger partial charge in [-0.25, -0.2) is 9.98 Å². The van der Waals surface area contributed by atoms with E-state index >= 15 is 0 Å². The third-order valence-corrected chi connectivity index (χ3v) is 6.69. The minimum atomic E-state index is -0.0643. The summed E-state index contributed by atoms with van der Waals surface area (Å²) in [5, 5.41) is 0. The number of ether oxygens (including phenoxy) is 2. The predicted molar refractivity (Wildman–Crippen MR) is 135 cm³/mol. The van der Waals surface area contributed by atoms with Crippen LogP contribution in [0, 0.1) is 17.8 Å². The van der Waals surface area contributed by atoms with Gasteiger partial charge in [0.1, 0.15) is 19.1 Å². The lowest BCUT2D eigenvalue weighted by Gasteiger charge is -2.27. The molecule has 1 aromatic rings. The third kappa shape index (κ3) is 5.74. The fraction of sp³-hybridized carbons (Fsp3) is 0.714. The van der Waals surface area contributed by atoms with E-state index in [-0.39, 0.29) is 28.8 Å². The van der Waals surface area contributed by atoms with Gasteiger partial charge in [-0.3, -0.25) is 0 Å². The van der Waals surface area contributed by atoms with Crippen molar-refractivity contribution in [2.45, 2.75) is 98.6 Å². The summed E-state index contributed by atoms with van der Waals surface area (Å²) in [5.41, 5.74) is 4.19. The molecular formula is C28H44N2O2. The van der Waals surface area contributed by atoms with Crippen molar-refractivity contribution in [1.82, 2.24) is 0 Å². The van der Waals surface area contributed by atoms with Crippen LogP contribution < -0.4 is 0 Å². The summed E-state index contributed by atoms with van der Waals surface area (Å²) < 4.78 is 12.3. The van der Waals surface area contributed by atoms with Crippen LogP contribution in [0.3, 0.4) is 0 Å². The van der Waals surface area contributed by atoms with Crippen LogP contribution in [0.4, 0.5) is 0 Å². The van der Waals surface area contributed by atoms with Crippen LogP contribution in [0.1, 0.15) is 85.9 Å². The predicted octanol–water partition coefficient (Wildman–Crippen LogP) is 6.35. The Morgan fingerprint density at radius 2 is 1.16 bits per heavy atom. The molecule has 0 bridgehead atoms. The molecule has 0 amide bonds. The summed E-state index contributed by atoms with van der Waals surface area (Å²) in [6.45, 7) is 23.8. The lowest BCUT2D eigenvalue weighted by Crippen LogP contribution is -2.27. The van der Waals surface area contributed by atoms with Crippen molar-refractivity contribution < 1.29 is 9.47 Å². The smallest absolute Gasteiger partial charge is 0.196 e. The first kappa shape index (κ1) is 24.8. The molecule has 0 saturated heterocycles. The molecule has 0 radical (unpaired) electrons. The van der Waals surface area contributed by atoms with E-state index < -0.39 is 0 Å². The van der Waals surface area contributed by atoms with E-state index in [1.54, 1.807) is 0 Å². The van der Waals surface area contributed by atoms with Gasteiger partial charge in [-0.15, -0.1) is 0 Å². The lowest BCUT2D eigenvalue weighted by atomic mass is 9.78. The normalized spacial score (nSPS) is 21.8. The van der Waals surface area contributed by atoms with E-state index in [4.69, 9.17) is 19.5 Å². The van der Waals surface area contributed by atoms with Gasteiger partial charge in [-0.05, 0) is 45.8 Å². The molecule has 0 unspecified atom stereocenters. The first-order chi connectivity index (χ1) is 14.8. The number of rotatable bonds is 6. The molecule has 1 aromatic carbocycles. The molecule has 2 aliphatic heterocycles. The van der Waals surface area contributed by atoms with Gasteiger partial charge in [0, 0.05) is 0 Å². The molecule has 0 spiro atoms. The second-order valence-electron chi connectivity index (χ2n) is 12.4. The Kier molecular flexibility index (Phi) is 7.12. The zero-order chi connectivity index (χ0) is 23.8. The second kappa shape index (κ2) is 9.19. The molecule has 0 saturated carbocycles. The number of benzene rings is 1. The van der Waals surface area contributed by atoms with Gasteiger partial charge in [0.2, 0.25) is 0 Å². The minimum absolute atomic E-state index is 0.0643. The molecule has 2 heterocycles. The molecule has 0 aromatic heterocycles. The van der Waals surface area contributed by atoms with Gasteiger partial charge in [-0.2, -0.15) is 0 Å². The Bertz CT molecular complexity index is 802. The standard InChI is InChI=1S/C28H44N2O2/c1-17(2)23-15-31-25(29-23)22(26-30-24(16-32-26)18(3)4)13-19-11-20(27(5,6)7)14-21(12-19)28(8,9)10/h11-12,14,17-18,22-24H,13,15-16H2,1-10H3/t23-,24-/m1/s1. The highest BCUT2D eigenvalue weighted by Crippen LogP contribution is 2.32. The zero-order valence-corrected chi connectivity index (χ0v) is 22.0. The summed E-state index contributed by atoms with van der Waals surface area (Å²) in [6, 6.07) is 7.50. The summed E-state index contributed by atoms with van der Waals surface area (Å²) in [6.07, 6.45) is 0.792. The van der Waals surface area contributed by atoms with E-state index in [2.05, 4.69) is 87.4 Å². The first-order valence-corrected chi connectivity index (χ1v) is 12.3. The molecule has 0 fully saturated rings. The van der Waals surface area contributed by atoms with E-state index in [0.29, 0.717) is 25.0 Å². The maximum absolute atomic E-state index is 6.15. The van der Waals surface area contributed by atoms with Crippen molar-refractivity contribution in [3.63, 3.8) is 0 Å². The Labute approximate surface area is 195 Å². The van der Waals surface area contributed by atoms with Crippen molar-refractivity contribution in [1.29, 1.82) is 0 Å². The average Bonchev–Trinajstić information content (AvgIpc) is 3.34. The van der Waals surface area contributed by atoms with Crippen LogP contribution in [0.25, 0.3) is 0 Å². The van der Waals surface area contributed by atoms with Crippen LogP contribution in [0.5, 0.6) is 0 Å². The minimum Gasteiger partial charge on any atom is -0.478 e. The van der Waals surface area contributed by atoms with Gasteiger partial charge in [-0.1, -0.05) is 87.4 Å². The number of aliphatic imine (C=N–C) groups is 2. The maximum Gasteiger partial charge on any atom is 0.196 e. The Morgan fingerprint density at radius 3 is 1.47 bits per heavy atom. The number of hydrogen-bond donors (Lipinski definition) is 0. The molecule has 4 heteroatoms. The van der Waals surface area contributed by atoms with Gasteiger partial charge in [0.25, 0.3) is 0 Å². The SMILES string of the molecule is CC(C)[C@H]1COC(C(Cc2cc(C(C)(C)C)cc(C(C)(C)C)c2)C2=N[C@@H](C(C)C)CO2)=N1. The van der Waals surface area contributed by atoms with Gasteiger partial charge < -0.3 is 9.47 Å². The Morgan fingerprint density at radius 1 is 0.750 bits per heavy atom. The molecule has 3 rings (SSSR count). The quantitative estimate of drug-likeness (QED) is 0.517. The second-order valence-corrected chi connectivity index (χ2v) is 12.4.